The zero-order chi connectivity index (χ0) is 22.9. The molecule has 9 heteroatoms. The van der Waals surface area contributed by atoms with Gasteiger partial charge in [0.15, 0.2) is 5.65 Å². The summed E-state index contributed by atoms with van der Waals surface area (Å²) in [5.41, 5.74) is 2.25. The molecule has 4 aromatic rings. The van der Waals surface area contributed by atoms with Crippen LogP contribution in [0, 0.1) is 0 Å². The number of nitrogens with zero attached hydrogens (tertiary/aromatic N) is 5. The topological polar surface area (TPSA) is 88.5 Å². The fraction of sp³-hybridized carbons (Fsp3) is 0.292. The van der Waals surface area contributed by atoms with Crippen molar-refractivity contribution in [3.05, 3.63) is 65.1 Å². The van der Waals surface area contributed by atoms with Crippen LogP contribution in [-0.4, -0.2) is 60.1 Å². The van der Waals surface area contributed by atoms with Gasteiger partial charge in [-0.15, -0.1) is 0 Å². The largest absolute Gasteiger partial charge is 0.497 e. The summed E-state index contributed by atoms with van der Waals surface area (Å²) >= 11 is 0. The molecule has 0 aliphatic carbocycles. The number of rotatable bonds is 6. The molecule has 0 radical (unpaired) electrons. The maximum atomic E-state index is 12.8. The van der Waals surface area contributed by atoms with Crippen LogP contribution in [0.1, 0.15) is 6.42 Å². The summed E-state index contributed by atoms with van der Waals surface area (Å²) in [7, 11) is 5.27. The number of para-hydroxylation sites is 1. The van der Waals surface area contributed by atoms with Crippen molar-refractivity contribution in [3.8, 4) is 17.2 Å². The summed E-state index contributed by atoms with van der Waals surface area (Å²) in [5.74, 6) is 2.04. The first-order valence-electron chi connectivity index (χ1n) is 10.8. The van der Waals surface area contributed by atoms with Gasteiger partial charge in [0, 0.05) is 44.0 Å². The Morgan fingerprint density at radius 1 is 1.06 bits per heavy atom. The highest BCUT2D eigenvalue weighted by Crippen LogP contribution is 2.31. The van der Waals surface area contributed by atoms with Crippen LogP contribution in [0.4, 0.5) is 11.6 Å². The summed E-state index contributed by atoms with van der Waals surface area (Å²) < 4.78 is 12.5. The van der Waals surface area contributed by atoms with Crippen LogP contribution in [-0.2, 0) is 0 Å². The van der Waals surface area contributed by atoms with E-state index in [1.54, 1.807) is 25.1 Å². The summed E-state index contributed by atoms with van der Waals surface area (Å²) in [6, 6.07) is 15.8. The van der Waals surface area contributed by atoms with Gasteiger partial charge in [-0.05, 0) is 18.6 Å². The molecule has 0 saturated carbocycles. The fourth-order valence-electron chi connectivity index (χ4n) is 4.27. The molecule has 1 unspecified atom stereocenters. The van der Waals surface area contributed by atoms with Crippen molar-refractivity contribution in [3.63, 3.8) is 0 Å². The molecule has 2 aromatic heterocycles. The van der Waals surface area contributed by atoms with Gasteiger partial charge < -0.3 is 19.3 Å². The molecule has 1 aliphatic rings. The van der Waals surface area contributed by atoms with E-state index >= 15 is 0 Å². The van der Waals surface area contributed by atoms with E-state index in [-0.39, 0.29) is 11.6 Å². The van der Waals surface area contributed by atoms with Crippen molar-refractivity contribution in [1.29, 1.82) is 0 Å². The van der Waals surface area contributed by atoms with Crippen molar-refractivity contribution in [2.75, 3.05) is 44.2 Å². The second-order valence-corrected chi connectivity index (χ2v) is 8.09. The van der Waals surface area contributed by atoms with E-state index < -0.39 is 0 Å². The number of benzene rings is 2. The van der Waals surface area contributed by atoms with Gasteiger partial charge in [0.1, 0.15) is 16.9 Å². The van der Waals surface area contributed by atoms with E-state index in [0.717, 1.165) is 42.4 Å². The Morgan fingerprint density at radius 2 is 1.79 bits per heavy atom. The van der Waals surface area contributed by atoms with Gasteiger partial charge >= 0.3 is 0 Å². The van der Waals surface area contributed by atoms with Crippen molar-refractivity contribution in [2.45, 2.75) is 12.5 Å². The number of hydrogen-bond donors (Lipinski definition) is 1. The molecule has 0 amide bonds. The van der Waals surface area contributed by atoms with E-state index in [0.29, 0.717) is 17.0 Å². The Hall–Kier alpha value is -4.01. The molecule has 3 heterocycles. The molecule has 1 saturated heterocycles. The summed E-state index contributed by atoms with van der Waals surface area (Å²) in [5, 5.41) is 4.86. The molecular weight excluding hydrogens is 420 g/mol. The SMILES string of the molecule is COc1cc(OC)cc(N2CCC(N(C)c3nc4c(cnn4-c4ccccc4)c(=O)[nH]3)C2)c1. The van der Waals surface area contributed by atoms with E-state index in [1.165, 1.54) is 0 Å². The molecule has 9 nitrogen and oxygen atoms in total. The number of likely N-dealkylation sites (N-methyl/N-ethyl adjacent to an activating group) is 1. The van der Waals surface area contributed by atoms with Crippen LogP contribution in [0.3, 0.4) is 0 Å². The maximum absolute atomic E-state index is 12.8. The number of nitrogens with one attached hydrogen (secondary N) is 1. The maximum Gasteiger partial charge on any atom is 0.263 e. The van der Waals surface area contributed by atoms with E-state index in [9.17, 15) is 4.79 Å². The third-order valence-corrected chi connectivity index (χ3v) is 6.17. The Kier molecular flexibility index (Phi) is 5.37. The second kappa shape index (κ2) is 8.50. The summed E-state index contributed by atoms with van der Waals surface area (Å²) in [6.07, 6.45) is 2.49. The lowest BCUT2D eigenvalue weighted by atomic mass is 10.2. The van der Waals surface area contributed by atoms with Crippen molar-refractivity contribution in [2.24, 2.45) is 0 Å². The first-order chi connectivity index (χ1) is 16.1. The lowest BCUT2D eigenvalue weighted by molar-refractivity contribution is 0.394. The van der Waals surface area contributed by atoms with Gasteiger partial charge in [0.2, 0.25) is 5.95 Å². The lowest BCUT2D eigenvalue weighted by Crippen LogP contribution is -2.36. The zero-order valence-corrected chi connectivity index (χ0v) is 18.9. The van der Waals surface area contributed by atoms with Crippen LogP contribution in [0.15, 0.2) is 59.5 Å². The Morgan fingerprint density at radius 3 is 2.48 bits per heavy atom. The number of aromatic nitrogens is 4. The number of methoxy groups -OCH3 is 2. The summed E-state index contributed by atoms with van der Waals surface area (Å²) in [4.78, 5) is 24.8. The Labute approximate surface area is 191 Å². The minimum absolute atomic E-state index is 0.177. The van der Waals surface area contributed by atoms with Gasteiger partial charge in [-0.1, -0.05) is 18.2 Å². The molecule has 0 bridgehead atoms. The van der Waals surface area contributed by atoms with Gasteiger partial charge in [0.25, 0.3) is 5.56 Å². The number of aromatic amines is 1. The molecule has 2 aromatic carbocycles. The van der Waals surface area contributed by atoms with E-state index in [2.05, 4.69) is 15.0 Å². The van der Waals surface area contributed by atoms with Crippen molar-refractivity contribution >= 4 is 22.7 Å². The van der Waals surface area contributed by atoms with Crippen LogP contribution < -0.4 is 24.8 Å². The molecule has 1 atom stereocenters. The highest BCUT2D eigenvalue weighted by atomic mass is 16.5. The quantitative estimate of drug-likeness (QED) is 0.487. The third kappa shape index (κ3) is 3.86. The van der Waals surface area contributed by atoms with E-state index in [4.69, 9.17) is 14.5 Å². The molecule has 5 rings (SSSR count). The lowest BCUT2D eigenvalue weighted by Gasteiger charge is -2.26. The highest BCUT2D eigenvalue weighted by Gasteiger charge is 2.28. The molecule has 1 N–H and O–H groups in total. The second-order valence-electron chi connectivity index (χ2n) is 8.09. The average molecular weight is 447 g/mol. The fourth-order valence-corrected chi connectivity index (χ4v) is 4.27. The number of fused-ring (bicyclic) bond motifs is 1. The van der Waals surface area contributed by atoms with Gasteiger partial charge in [-0.3, -0.25) is 9.78 Å². The highest BCUT2D eigenvalue weighted by molar-refractivity contribution is 5.76. The number of ether oxygens (including phenoxy) is 2. The minimum atomic E-state index is -0.198. The number of hydrogen-bond acceptors (Lipinski definition) is 7. The average Bonchev–Trinajstić information content (AvgIpc) is 3.52. The van der Waals surface area contributed by atoms with Crippen LogP contribution in [0.25, 0.3) is 16.7 Å². The Balaban J connectivity index is 1.43. The number of anilines is 2. The van der Waals surface area contributed by atoms with Crippen LogP contribution in [0.2, 0.25) is 0 Å². The number of H-pyrrole nitrogens is 1. The first-order valence-corrected chi connectivity index (χ1v) is 10.8. The molecule has 1 fully saturated rings. The minimum Gasteiger partial charge on any atom is -0.497 e. The molecule has 33 heavy (non-hydrogen) atoms. The van der Waals surface area contributed by atoms with Crippen molar-refractivity contribution in [1.82, 2.24) is 19.7 Å². The monoisotopic (exact) mass is 446 g/mol. The van der Waals surface area contributed by atoms with E-state index in [1.807, 2.05) is 60.5 Å². The molecule has 0 spiro atoms. The van der Waals surface area contributed by atoms with Crippen LogP contribution >= 0.6 is 0 Å². The first kappa shape index (κ1) is 20.9. The standard InChI is InChI=1S/C24H26N6O3/c1-28(17-9-10-29(15-17)18-11-19(32-2)13-20(12-18)33-3)24-26-22-21(23(31)27-24)14-25-30(22)16-7-5-4-6-8-16/h4-8,11-14,17H,9-10,15H2,1-3H3,(H,26,27,31). The Bertz CT molecular complexity index is 1310. The normalized spacial score (nSPS) is 15.7. The molecule has 170 valence electrons. The smallest absolute Gasteiger partial charge is 0.263 e. The van der Waals surface area contributed by atoms with Gasteiger partial charge in [-0.25, -0.2) is 4.68 Å². The van der Waals surface area contributed by atoms with Crippen LogP contribution in [0.5, 0.6) is 11.5 Å². The van der Waals surface area contributed by atoms with Crippen molar-refractivity contribution < 1.29 is 9.47 Å². The van der Waals surface area contributed by atoms with Gasteiger partial charge in [0.05, 0.1) is 32.1 Å². The summed E-state index contributed by atoms with van der Waals surface area (Å²) in [6.45, 7) is 1.66. The zero-order valence-electron chi connectivity index (χ0n) is 18.9. The molecule has 1 aliphatic heterocycles. The molecular formula is C24H26N6O3. The predicted molar refractivity (Wildman–Crippen MR) is 128 cm³/mol. The predicted octanol–water partition coefficient (Wildman–Crippen LogP) is 2.84. The van der Waals surface area contributed by atoms with Gasteiger partial charge in [-0.2, -0.15) is 10.1 Å². The third-order valence-electron chi connectivity index (χ3n) is 6.17.